The molecule has 0 atom stereocenters. The fraction of sp³-hybridized carbons (Fsp3) is 0.0769. The number of hydrogen-bond donors (Lipinski definition) is 2. The van der Waals surface area contributed by atoms with Crippen molar-refractivity contribution < 1.29 is 15.0 Å². The molecule has 1 aromatic carbocycles. The SMILES string of the molecule is Cc1cc(Nc2ccc([O-])c(C(=O)O)c2)n2ncnc2n1. The number of carboxylic acid groups (broad SMARTS) is 1. The highest BCUT2D eigenvalue weighted by Crippen LogP contribution is 2.22. The lowest BCUT2D eigenvalue weighted by Crippen LogP contribution is -2.06. The standard InChI is InChI=1S/C13H11N5O3/c1-7-4-11(18-13(16-7)14-6-15-18)17-8-2-3-10(19)9(5-8)12(20)21/h2-6,17,19H,1H3,(H,20,21)/p-1. The molecule has 0 fully saturated rings. The van der Waals surface area contributed by atoms with Gasteiger partial charge in [0.2, 0.25) is 0 Å². The number of carboxylic acids is 1. The Kier molecular flexibility index (Phi) is 2.90. The van der Waals surface area contributed by atoms with Crippen molar-refractivity contribution in [3.63, 3.8) is 0 Å². The van der Waals surface area contributed by atoms with Gasteiger partial charge in [-0.15, -0.1) is 0 Å². The van der Waals surface area contributed by atoms with Crippen LogP contribution in [0.15, 0.2) is 30.6 Å². The summed E-state index contributed by atoms with van der Waals surface area (Å²) >= 11 is 0. The molecule has 0 radical (unpaired) electrons. The third-order valence-corrected chi connectivity index (χ3v) is 2.86. The van der Waals surface area contributed by atoms with E-state index in [0.717, 1.165) is 5.69 Å². The largest absolute Gasteiger partial charge is 0.872 e. The number of aryl methyl sites for hydroxylation is 1. The lowest BCUT2D eigenvalue weighted by molar-refractivity contribution is -0.268. The molecule has 0 aliphatic rings. The quantitative estimate of drug-likeness (QED) is 0.735. The highest BCUT2D eigenvalue weighted by molar-refractivity contribution is 5.92. The fourth-order valence-corrected chi connectivity index (χ4v) is 1.94. The number of rotatable bonds is 3. The van der Waals surface area contributed by atoms with Crippen LogP contribution in [0.2, 0.25) is 0 Å². The van der Waals surface area contributed by atoms with E-state index in [1.54, 1.807) is 6.07 Å². The summed E-state index contributed by atoms with van der Waals surface area (Å²) in [5.41, 5.74) is 0.909. The van der Waals surface area contributed by atoms with E-state index in [-0.39, 0.29) is 5.56 Å². The number of aromatic carboxylic acids is 1. The van der Waals surface area contributed by atoms with Gasteiger partial charge in [0.05, 0.1) is 5.56 Å². The minimum Gasteiger partial charge on any atom is -0.872 e. The van der Waals surface area contributed by atoms with Crippen molar-refractivity contribution in [3.05, 3.63) is 41.9 Å². The van der Waals surface area contributed by atoms with Gasteiger partial charge in [-0.05, 0) is 19.1 Å². The Bertz CT molecular complexity index is 843. The smallest absolute Gasteiger partial charge is 0.335 e. The minimum atomic E-state index is -1.26. The lowest BCUT2D eigenvalue weighted by atomic mass is 10.2. The number of anilines is 2. The number of carbonyl (C=O) groups is 1. The number of nitrogens with zero attached hydrogens (tertiary/aromatic N) is 4. The molecule has 3 aromatic rings. The maximum atomic E-state index is 11.4. The van der Waals surface area contributed by atoms with E-state index in [9.17, 15) is 9.90 Å². The van der Waals surface area contributed by atoms with Crippen LogP contribution in [0.5, 0.6) is 5.75 Å². The van der Waals surface area contributed by atoms with Crippen LogP contribution in [0.1, 0.15) is 16.1 Å². The predicted molar refractivity (Wildman–Crippen MR) is 71.6 cm³/mol. The molecule has 2 heterocycles. The van der Waals surface area contributed by atoms with E-state index in [2.05, 4.69) is 20.4 Å². The van der Waals surface area contributed by atoms with Gasteiger partial charge in [0.1, 0.15) is 12.1 Å². The van der Waals surface area contributed by atoms with Gasteiger partial charge in [-0.2, -0.15) is 14.6 Å². The van der Waals surface area contributed by atoms with Crippen LogP contribution >= 0.6 is 0 Å². The Morgan fingerprint density at radius 2 is 2.19 bits per heavy atom. The van der Waals surface area contributed by atoms with E-state index in [1.165, 1.54) is 29.0 Å². The first-order valence-corrected chi connectivity index (χ1v) is 6.03. The second-order valence-electron chi connectivity index (χ2n) is 4.40. The molecule has 8 nitrogen and oxygen atoms in total. The molecule has 0 unspecified atom stereocenters. The fourth-order valence-electron chi connectivity index (χ4n) is 1.94. The average Bonchev–Trinajstić information content (AvgIpc) is 2.88. The molecule has 0 spiro atoms. The Labute approximate surface area is 118 Å². The van der Waals surface area contributed by atoms with E-state index >= 15 is 0 Å². The van der Waals surface area contributed by atoms with E-state index in [1.807, 2.05) is 6.92 Å². The van der Waals surface area contributed by atoms with Crippen LogP contribution in [0, 0.1) is 6.92 Å². The van der Waals surface area contributed by atoms with Crippen molar-refractivity contribution in [2.45, 2.75) is 6.92 Å². The first kappa shape index (κ1) is 12.9. The van der Waals surface area contributed by atoms with Crippen molar-refractivity contribution in [1.82, 2.24) is 19.6 Å². The van der Waals surface area contributed by atoms with Crippen LogP contribution in [0.4, 0.5) is 11.5 Å². The predicted octanol–water partition coefficient (Wildman–Crippen LogP) is 0.948. The number of benzene rings is 1. The third-order valence-electron chi connectivity index (χ3n) is 2.86. The van der Waals surface area contributed by atoms with Crippen LogP contribution in [-0.4, -0.2) is 30.7 Å². The number of fused-ring (bicyclic) bond motifs is 1. The van der Waals surface area contributed by atoms with Crippen molar-refractivity contribution in [3.8, 4) is 5.75 Å². The zero-order valence-corrected chi connectivity index (χ0v) is 10.9. The Balaban J connectivity index is 2.04. The molecule has 0 saturated carbocycles. The van der Waals surface area contributed by atoms with Crippen molar-refractivity contribution in [1.29, 1.82) is 0 Å². The third kappa shape index (κ3) is 2.34. The van der Waals surface area contributed by atoms with Crippen molar-refractivity contribution in [2.24, 2.45) is 0 Å². The maximum absolute atomic E-state index is 11.4. The van der Waals surface area contributed by atoms with Gasteiger partial charge in [-0.25, -0.2) is 9.78 Å². The summed E-state index contributed by atoms with van der Waals surface area (Å²) in [6.07, 6.45) is 1.37. The Morgan fingerprint density at radius 1 is 1.38 bits per heavy atom. The molecule has 3 rings (SSSR count). The van der Waals surface area contributed by atoms with Gasteiger partial charge in [0.15, 0.2) is 0 Å². The minimum absolute atomic E-state index is 0.291. The van der Waals surface area contributed by atoms with Crippen molar-refractivity contribution >= 4 is 23.3 Å². The summed E-state index contributed by atoms with van der Waals surface area (Å²) in [6, 6.07) is 5.74. The summed E-state index contributed by atoms with van der Waals surface area (Å²) < 4.78 is 1.48. The lowest BCUT2D eigenvalue weighted by Gasteiger charge is -2.13. The van der Waals surface area contributed by atoms with Gasteiger partial charge in [0.25, 0.3) is 5.78 Å². The maximum Gasteiger partial charge on any atom is 0.335 e. The second-order valence-corrected chi connectivity index (χ2v) is 4.40. The van der Waals surface area contributed by atoms with Gasteiger partial charge < -0.3 is 15.5 Å². The molecule has 0 aliphatic carbocycles. The number of aromatic nitrogens is 4. The second kappa shape index (κ2) is 4.75. The van der Waals surface area contributed by atoms with Crippen LogP contribution in [0.25, 0.3) is 5.78 Å². The molecule has 106 valence electrons. The molecule has 2 aromatic heterocycles. The highest BCUT2D eigenvalue weighted by Gasteiger charge is 2.08. The summed E-state index contributed by atoms with van der Waals surface area (Å²) in [5.74, 6) is -0.799. The molecule has 8 heteroatoms. The summed E-state index contributed by atoms with van der Waals surface area (Å²) in [5, 5.41) is 27.5. The summed E-state index contributed by atoms with van der Waals surface area (Å²) in [6.45, 7) is 1.81. The highest BCUT2D eigenvalue weighted by atomic mass is 16.4. The summed E-state index contributed by atoms with van der Waals surface area (Å²) in [4.78, 5) is 19.2. The molecule has 0 bridgehead atoms. The summed E-state index contributed by atoms with van der Waals surface area (Å²) in [7, 11) is 0. The van der Waals surface area contributed by atoms with Crippen LogP contribution in [-0.2, 0) is 0 Å². The molecule has 0 amide bonds. The zero-order valence-electron chi connectivity index (χ0n) is 10.9. The van der Waals surface area contributed by atoms with Crippen LogP contribution in [0.3, 0.4) is 0 Å². The molecule has 0 saturated heterocycles. The number of nitrogens with one attached hydrogen (secondary N) is 1. The van der Waals surface area contributed by atoms with Crippen LogP contribution < -0.4 is 10.4 Å². The normalized spacial score (nSPS) is 10.7. The Morgan fingerprint density at radius 3 is 2.95 bits per heavy atom. The Hall–Kier alpha value is -3.16. The van der Waals surface area contributed by atoms with E-state index in [0.29, 0.717) is 17.3 Å². The average molecular weight is 284 g/mol. The first-order valence-electron chi connectivity index (χ1n) is 6.03. The number of hydrogen-bond acceptors (Lipinski definition) is 6. The van der Waals surface area contributed by atoms with Gasteiger partial charge in [0, 0.05) is 17.4 Å². The molecule has 2 N–H and O–H groups in total. The molecular formula is C13H10N5O3-. The molecule has 21 heavy (non-hydrogen) atoms. The van der Waals surface area contributed by atoms with E-state index in [4.69, 9.17) is 5.11 Å². The van der Waals surface area contributed by atoms with Crippen molar-refractivity contribution in [2.75, 3.05) is 5.32 Å². The molecule has 0 aliphatic heterocycles. The molecular weight excluding hydrogens is 274 g/mol. The monoisotopic (exact) mass is 284 g/mol. The van der Waals surface area contributed by atoms with Gasteiger partial charge >= 0.3 is 5.97 Å². The van der Waals surface area contributed by atoms with Gasteiger partial charge in [-0.3, -0.25) is 0 Å². The van der Waals surface area contributed by atoms with Gasteiger partial charge in [-0.1, -0.05) is 11.8 Å². The topological polar surface area (TPSA) is 115 Å². The van der Waals surface area contributed by atoms with E-state index < -0.39 is 11.7 Å². The zero-order chi connectivity index (χ0) is 15.0. The first-order chi connectivity index (χ1) is 10.0.